The Bertz CT molecular complexity index is 518. The van der Waals surface area contributed by atoms with E-state index in [0.717, 1.165) is 17.6 Å². The fraction of sp³-hybridized carbons (Fsp3) is 0.200. The molecule has 0 radical (unpaired) electrons. The SMILES string of the molecule is C=C1C=C(C(=C)N)c2cc(C)c(C)cc2C1. The van der Waals surface area contributed by atoms with E-state index in [1.165, 1.54) is 22.3 Å². The van der Waals surface area contributed by atoms with Crippen LogP contribution in [-0.4, -0.2) is 0 Å². The first-order chi connectivity index (χ1) is 7.49. The van der Waals surface area contributed by atoms with Gasteiger partial charge < -0.3 is 5.73 Å². The maximum Gasteiger partial charge on any atom is 0.0320 e. The lowest BCUT2D eigenvalue weighted by molar-refractivity contribution is 1.14. The standard InChI is InChI=1S/C15H17N/c1-9-5-13-7-10(2)11(3)8-15(13)14(6-9)12(4)16/h6-8H,1,4-5,16H2,2-3H3. The zero-order valence-electron chi connectivity index (χ0n) is 9.93. The molecule has 1 aromatic carbocycles. The predicted molar refractivity (Wildman–Crippen MR) is 70.1 cm³/mol. The van der Waals surface area contributed by atoms with E-state index in [9.17, 15) is 0 Å². The summed E-state index contributed by atoms with van der Waals surface area (Å²) in [5.41, 5.74) is 13.7. The lowest BCUT2D eigenvalue weighted by Crippen LogP contribution is -2.08. The van der Waals surface area contributed by atoms with Crippen LogP contribution in [0.1, 0.15) is 22.3 Å². The van der Waals surface area contributed by atoms with Gasteiger partial charge in [0.2, 0.25) is 0 Å². The molecule has 1 aliphatic carbocycles. The summed E-state index contributed by atoms with van der Waals surface area (Å²) in [6.07, 6.45) is 2.95. The third-order valence-corrected chi connectivity index (χ3v) is 3.12. The minimum absolute atomic E-state index is 0.616. The molecule has 2 rings (SSSR count). The van der Waals surface area contributed by atoms with Crippen molar-refractivity contribution in [1.29, 1.82) is 0 Å². The Balaban J connectivity index is 2.67. The normalized spacial score (nSPS) is 14.4. The van der Waals surface area contributed by atoms with Gasteiger partial charge >= 0.3 is 0 Å². The van der Waals surface area contributed by atoms with Crippen LogP contribution < -0.4 is 5.73 Å². The van der Waals surface area contributed by atoms with E-state index in [1.807, 2.05) is 6.08 Å². The summed E-state index contributed by atoms with van der Waals surface area (Å²) in [5, 5.41) is 0. The molecule has 1 heteroatoms. The monoisotopic (exact) mass is 211 g/mol. The number of nitrogens with two attached hydrogens (primary N) is 1. The van der Waals surface area contributed by atoms with Gasteiger partial charge in [-0.3, -0.25) is 0 Å². The van der Waals surface area contributed by atoms with Crippen molar-refractivity contribution in [2.24, 2.45) is 5.73 Å². The first kappa shape index (κ1) is 10.7. The van der Waals surface area contributed by atoms with Crippen LogP contribution in [-0.2, 0) is 6.42 Å². The number of aryl methyl sites for hydroxylation is 2. The Labute approximate surface area is 97.0 Å². The van der Waals surface area contributed by atoms with Gasteiger partial charge in [0.1, 0.15) is 0 Å². The molecule has 0 atom stereocenters. The molecule has 0 saturated heterocycles. The predicted octanol–water partition coefficient (Wildman–Crippen LogP) is 3.27. The molecule has 1 aliphatic rings. The summed E-state index contributed by atoms with van der Waals surface area (Å²) in [5.74, 6) is 0. The summed E-state index contributed by atoms with van der Waals surface area (Å²) in [6, 6.07) is 4.42. The number of fused-ring (bicyclic) bond motifs is 1. The van der Waals surface area contributed by atoms with E-state index < -0.39 is 0 Å². The Morgan fingerprint density at radius 3 is 2.50 bits per heavy atom. The summed E-state index contributed by atoms with van der Waals surface area (Å²) < 4.78 is 0. The molecule has 0 amide bonds. The van der Waals surface area contributed by atoms with Crippen molar-refractivity contribution in [2.45, 2.75) is 20.3 Å². The van der Waals surface area contributed by atoms with Gasteiger partial charge in [0.15, 0.2) is 0 Å². The lowest BCUT2D eigenvalue weighted by Gasteiger charge is -2.21. The van der Waals surface area contributed by atoms with Crippen LogP contribution in [0.2, 0.25) is 0 Å². The Morgan fingerprint density at radius 1 is 1.25 bits per heavy atom. The molecule has 0 heterocycles. The number of hydrogen-bond donors (Lipinski definition) is 1. The van der Waals surface area contributed by atoms with Crippen molar-refractivity contribution < 1.29 is 0 Å². The highest BCUT2D eigenvalue weighted by molar-refractivity contribution is 5.83. The van der Waals surface area contributed by atoms with Crippen LogP contribution in [0.5, 0.6) is 0 Å². The van der Waals surface area contributed by atoms with Crippen LogP contribution >= 0.6 is 0 Å². The van der Waals surface area contributed by atoms with Gasteiger partial charge in [-0.1, -0.05) is 30.9 Å². The van der Waals surface area contributed by atoms with Crippen molar-refractivity contribution in [3.63, 3.8) is 0 Å². The summed E-state index contributed by atoms with van der Waals surface area (Å²) in [6.45, 7) is 12.1. The fourth-order valence-electron chi connectivity index (χ4n) is 2.12. The maximum absolute atomic E-state index is 5.83. The number of allylic oxidation sites excluding steroid dienone is 3. The van der Waals surface area contributed by atoms with Crippen molar-refractivity contribution in [3.8, 4) is 0 Å². The molecule has 0 fully saturated rings. The average molecular weight is 211 g/mol. The van der Waals surface area contributed by atoms with Crippen molar-refractivity contribution in [1.82, 2.24) is 0 Å². The molecule has 0 bridgehead atoms. The third-order valence-electron chi connectivity index (χ3n) is 3.12. The van der Waals surface area contributed by atoms with Gasteiger partial charge in [0.25, 0.3) is 0 Å². The Hall–Kier alpha value is -1.76. The maximum atomic E-state index is 5.83. The van der Waals surface area contributed by atoms with Crippen molar-refractivity contribution >= 4 is 5.57 Å². The quantitative estimate of drug-likeness (QED) is 0.758. The lowest BCUT2D eigenvalue weighted by atomic mass is 9.85. The van der Waals surface area contributed by atoms with Gasteiger partial charge in [-0.05, 0) is 48.6 Å². The largest absolute Gasteiger partial charge is 0.399 e. The zero-order chi connectivity index (χ0) is 11.9. The topological polar surface area (TPSA) is 26.0 Å². The molecule has 1 aromatic rings. The highest BCUT2D eigenvalue weighted by Gasteiger charge is 2.16. The highest BCUT2D eigenvalue weighted by atomic mass is 14.6. The first-order valence-electron chi connectivity index (χ1n) is 5.43. The number of hydrogen-bond acceptors (Lipinski definition) is 1. The van der Waals surface area contributed by atoms with Crippen LogP contribution in [0.25, 0.3) is 5.57 Å². The molecule has 2 N–H and O–H groups in total. The second kappa shape index (κ2) is 3.67. The van der Waals surface area contributed by atoms with E-state index in [2.05, 4.69) is 39.1 Å². The van der Waals surface area contributed by atoms with Gasteiger partial charge in [-0.15, -0.1) is 0 Å². The van der Waals surface area contributed by atoms with E-state index in [1.54, 1.807) is 0 Å². The van der Waals surface area contributed by atoms with Gasteiger partial charge in [0.05, 0.1) is 0 Å². The smallest absolute Gasteiger partial charge is 0.0320 e. The van der Waals surface area contributed by atoms with Crippen LogP contribution in [0.4, 0.5) is 0 Å². The van der Waals surface area contributed by atoms with Gasteiger partial charge in [0, 0.05) is 11.3 Å². The molecule has 0 spiro atoms. The Morgan fingerprint density at radius 2 is 1.88 bits per heavy atom. The molecule has 0 aliphatic heterocycles. The highest BCUT2D eigenvalue weighted by Crippen LogP contribution is 2.32. The van der Waals surface area contributed by atoms with Gasteiger partial charge in [-0.25, -0.2) is 0 Å². The molecular weight excluding hydrogens is 194 g/mol. The van der Waals surface area contributed by atoms with E-state index in [-0.39, 0.29) is 0 Å². The van der Waals surface area contributed by atoms with Crippen LogP contribution in [0.3, 0.4) is 0 Å². The van der Waals surface area contributed by atoms with E-state index in [4.69, 9.17) is 5.73 Å². The van der Waals surface area contributed by atoms with Gasteiger partial charge in [-0.2, -0.15) is 0 Å². The van der Waals surface area contributed by atoms with E-state index >= 15 is 0 Å². The van der Waals surface area contributed by atoms with Crippen molar-refractivity contribution in [2.75, 3.05) is 0 Å². The summed E-state index contributed by atoms with van der Waals surface area (Å²) in [7, 11) is 0. The molecular formula is C15H17N. The average Bonchev–Trinajstić information content (AvgIpc) is 2.19. The molecule has 1 nitrogen and oxygen atoms in total. The molecule has 16 heavy (non-hydrogen) atoms. The zero-order valence-corrected chi connectivity index (χ0v) is 9.93. The molecule has 0 saturated carbocycles. The summed E-state index contributed by atoms with van der Waals surface area (Å²) >= 11 is 0. The van der Waals surface area contributed by atoms with Crippen LogP contribution in [0.15, 0.2) is 42.6 Å². The second-order valence-electron chi connectivity index (χ2n) is 4.51. The fourth-order valence-corrected chi connectivity index (χ4v) is 2.12. The molecule has 0 aromatic heterocycles. The minimum atomic E-state index is 0.616. The number of rotatable bonds is 1. The third kappa shape index (κ3) is 1.69. The number of benzene rings is 1. The second-order valence-corrected chi connectivity index (χ2v) is 4.51. The molecule has 82 valence electrons. The van der Waals surface area contributed by atoms with Crippen LogP contribution in [0, 0.1) is 13.8 Å². The molecule has 0 unspecified atom stereocenters. The first-order valence-corrected chi connectivity index (χ1v) is 5.43. The van der Waals surface area contributed by atoms with E-state index in [0.29, 0.717) is 5.70 Å². The van der Waals surface area contributed by atoms with Crippen molar-refractivity contribution in [3.05, 3.63) is 64.9 Å². The Kier molecular flexibility index (Phi) is 2.47. The summed E-state index contributed by atoms with van der Waals surface area (Å²) in [4.78, 5) is 0. The minimum Gasteiger partial charge on any atom is -0.399 e.